The number of benzene rings is 1. The normalized spacial score (nSPS) is 23.0. The molecule has 128 valence electrons. The summed E-state index contributed by atoms with van der Waals surface area (Å²) in [6.07, 6.45) is 4.91. The molecule has 0 aromatic heterocycles. The number of nitrogens with one attached hydrogen (secondary N) is 1. The predicted molar refractivity (Wildman–Crippen MR) is 90.3 cm³/mol. The smallest absolute Gasteiger partial charge is 0.268 e. The Morgan fingerprint density at radius 3 is 2.75 bits per heavy atom. The molecule has 24 heavy (non-hydrogen) atoms. The van der Waals surface area contributed by atoms with Crippen molar-refractivity contribution in [3.63, 3.8) is 0 Å². The lowest BCUT2D eigenvalue weighted by molar-refractivity contribution is -0.118. The van der Waals surface area contributed by atoms with Crippen molar-refractivity contribution in [1.82, 2.24) is 5.32 Å². The van der Waals surface area contributed by atoms with E-state index in [4.69, 9.17) is 16.3 Å². The van der Waals surface area contributed by atoms with Crippen molar-refractivity contribution in [2.45, 2.75) is 45.3 Å². The SMILES string of the molecule is CC[C@H](C)CCCc1c(O)ccc2c1O[C@@]1(C=C(Cl)C(=O)N1)C2=O. The Balaban J connectivity index is 1.89. The van der Waals surface area contributed by atoms with E-state index >= 15 is 0 Å². The summed E-state index contributed by atoms with van der Waals surface area (Å²) in [5.74, 6) is 0.132. The highest BCUT2D eigenvalue weighted by Crippen LogP contribution is 2.43. The summed E-state index contributed by atoms with van der Waals surface area (Å²) in [5, 5.41) is 12.6. The van der Waals surface area contributed by atoms with E-state index in [2.05, 4.69) is 19.2 Å². The Morgan fingerprint density at radius 1 is 1.38 bits per heavy atom. The molecule has 2 atom stereocenters. The Labute approximate surface area is 145 Å². The first-order chi connectivity index (χ1) is 11.4. The summed E-state index contributed by atoms with van der Waals surface area (Å²) in [5.41, 5.74) is -0.614. The summed E-state index contributed by atoms with van der Waals surface area (Å²) in [6.45, 7) is 4.33. The van der Waals surface area contributed by atoms with Crippen LogP contribution in [0.15, 0.2) is 23.2 Å². The lowest BCUT2D eigenvalue weighted by Gasteiger charge is -2.20. The first kappa shape index (κ1) is 16.8. The van der Waals surface area contributed by atoms with E-state index in [1.54, 1.807) is 0 Å². The molecule has 3 rings (SSSR count). The molecule has 2 heterocycles. The molecule has 0 unspecified atom stereocenters. The summed E-state index contributed by atoms with van der Waals surface area (Å²) in [6, 6.07) is 3.02. The number of carbonyl (C=O) groups excluding carboxylic acids is 2. The fourth-order valence-corrected chi connectivity index (χ4v) is 3.28. The van der Waals surface area contributed by atoms with Crippen molar-refractivity contribution in [1.29, 1.82) is 0 Å². The lowest BCUT2D eigenvalue weighted by atomic mass is 9.96. The predicted octanol–water partition coefficient (Wildman–Crippen LogP) is 3.28. The molecule has 2 aliphatic rings. The van der Waals surface area contributed by atoms with Crippen molar-refractivity contribution in [2.24, 2.45) is 5.92 Å². The highest BCUT2D eigenvalue weighted by Gasteiger charge is 2.52. The van der Waals surface area contributed by atoms with Gasteiger partial charge in [-0.05, 0) is 30.9 Å². The third-order valence-corrected chi connectivity index (χ3v) is 5.03. The number of hydrogen-bond acceptors (Lipinski definition) is 4. The van der Waals surface area contributed by atoms with Crippen molar-refractivity contribution in [3.05, 3.63) is 34.4 Å². The number of fused-ring (bicyclic) bond motifs is 1. The third-order valence-electron chi connectivity index (χ3n) is 4.75. The number of hydrogen-bond donors (Lipinski definition) is 2. The van der Waals surface area contributed by atoms with Gasteiger partial charge in [-0.3, -0.25) is 9.59 Å². The zero-order valence-corrected chi connectivity index (χ0v) is 14.4. The van der Waals surface area contributed by atoms with E-state index in [0.29, 0.717) is 29.2 Å². The van der Waals surface area contributed by atoms with Gasteiger partial charge in [-0.15, -0.1) is 0 Å². The molecule has 0 radical (unpaired) electrons. The van der Waals surface area contributed by atoms with E-state index in [-0.39, 0.29) is 16.6 Å². The van der Waals surface area contributed by atoms with Crippen molar-refractivity contribution >= 4 is 23.3 Å². The van der Waals surface area contributed by atoms with Crippen LogP contribution in [-0.4, -0.2) is 22.5 Å². The zero-order valence-electron chi connectivity index (χ0n) is 13.7. The van der Waals surface area contributed by atoms with Gasteiger partial charge in [0.1, 0.15) is 16.5 Å². The summed E-state index contributed by atoms with van der Waals surface area (Å²) < 4.78 is 5.80. The minimum Gasteiger partial charge on any atom is -0.508 e. The van der Waals surface area contributed by atoms with Crippen LogP contribution in [-0.2, 0) is 11.2 Å². The third kappa shape index (κ3) is 2.67. The van der Waals surface area contributed by atoms with Crippen molar-refractivity contribution in [2.75, 3.05) is 0 Å². The number of halogens is 1. The minimum atomic E-state index is -1.57. The maximum atomic E-state index is 12.7. The number of phenols is 1. The minimum absolute atomic E-state index is 0.0706. The molecular weight excluding hydrogens is 330 g/mol. The lowest BCUT2D eigenvalue weighted by Crippen LogP contribution is -2.50. The number of ketones is 1. The Kier molecular flexibility index (Phi) is 4.30. The van der Waals surface area contributed by atoms with Gasteiger partial charge in [0.2, 0.25) is 5.78 Å². The highest BCUT2D eigenvalue weighted by molar-refractivity contribution is 6.43. The standard InChI is InChI=1S/C18H20ClNO4/c1-3-10(2)5-4-6-11-14(21)8-7-12-15(11)24-18(16(12)22)9-13(19)17(23)20-18/h7-10,21H,3-6H2,1-2H3,(H,20,23)/t10-,18-/m0/s1. The van der Waals surface area contributed by atoms with Crippen LogP contribution in [0, 0.1) is 5.92 Å². The number of amides is 1. The van der Waals surface area contributed by atoms with Gasteiger partial charge >= 0.3 is 0 Å². The van der Waals surface area contributed by atoms with Gasteiger partial charge in [0.05, 0.1) is 5.56 Å². The van der Waals surface area contributed by atoms with Crippen LogP contribution in [0.3, 0.4) is 0 Å². The molecule has 2 N–H and O–H groups in total. The molecule has 1 amide bonds. The Morgan fingerprint density at radius 2 is 2.12 bits per heavy atom. The molecule has 1 aromatic carbocycles. The van der Waals surface area contributed by atoms with Gasteiger partial charge in [-0.25, -0.2) is 0 Å². The monoisotopic (exact) mass is 349 g/mol. The molecule has 1 aromatic rings. The van der Waals surface area contributed by atoms with Gasteiger partial charge in [0, 0.05) is 11.6 Å². The van der Waals surface area contributed by atoms with Gasteiger partial charge in [-0.2, -0.15) is 0 Å². The molecule has 1 spiro atoms. The molecule has 0 saturated heterocycles. The van der Waals surface area contributed by atoms with Crippen LogP contribution in [0.4, 0.5) is 0 Å². The average Bonchev–Trinajstić information content (AvgIpc) is 2.98. The number of phenolic OH excluding ortho intramolecular Hbond substituents is 1. The van der Waals surface area contributed by atoms with E-state index in [9.17, 15) is 14.7 Å². The summed E-state index contributed by atoms with van der Waals surface area (Å²) in [4.78, 5) is 24.4. The molecule has 0 bridgehead atoms. The van der Waals surface area contributed by atoms with Crippen LogP contribution >= 0.6 is 11.6 Å². The summed E-state index contributed by atoms with van der Waals surface area (Å²) >= 11 is 5.81. The fraction of sp³-hybridized carbons (Fsp3) is 0.444. The van der Waals surface area contributed by atoms with Crippen molar-refractivity contribution in [3.8, 4) is 11.5 Å². The topological polar surface area (TPSA) is 75.6 Å². The Bertz CT molecular complexity index is 743. The number of Topliss-reactive ketones (excluding diaryl/α,β-unsaturated/α-hetero) is 1. The van der Waals surface area contributed by atoms with Crippen LogP contribution in [0.1, 0.15) is 49.0 Å². The van der Waals surface area contributed by atoms with Gasteiger partial charge < -0.3 is 15.2 Å². The average molecular weight is 350 g/mol. The van der Waals surface area contributed by atoms with Crippen LogP contribution in [0.5, 0.6) is 11.5 Å². The number of ether oxygens (including phenoxy) is 1. The van der Waals surface area contributed by atoms with Gasteiger partial charge in [0.15, 0.2) is 0 Å². The van der Waals surface area contributed by atoms with E-state index in [1.165, 1.54) is 18.2 Å². The highest BCUT2D eigenvalue weighted by atomic mass is 35.5. The molecular formula is C18H20ClNO4. The van der Waals surface area contributed by atoms with Crippen LogP contribution in [0.25, 0.3) is 0 Å². The number of aromatic hydroxyl groups is 1. The van der Waals surface area contributed by atoms with E-state index in [1.807, 2.05) is 0 Å². The van der Waals surface area contributed by atoms with Crippen LogP contribution < -0.4 is 10.1 Å². The number of carbonyl (C=O) groups is 2. The van der Waals surface area contributed by atoms with Gasteiger partial charge in [0.25, 0.3) is 11.6 Å². The second kappa shape index (κ2) is 6.13. The van der Waals surface area contributed by atoms with Gasteiger partial charge in [-0.1, -0.05) is 38.3 Å². The first-order valence-electron chi connectivity index (χ1n) is 8.17. The maximum Gasteiger partial charge on any atom is 0.268 e. The molecule has 5 nitrogen and oxygen atoms in total. The zero-order chi connectivity index (χ0) is 17.5. The molecule has 6 heteroatoms. The Hall–Kier alpha value is -2.01. The number of rotatable bonds is 5. The maximum absolute atomic E-state index is 12.7. The molecule has 2 aliphatic heterocycles. The molecule has 0 fully saturated rings. The van der Waals surface area contributed by atoms with E-state index < -0.39 is 11.6 Å². The first-order valence-corrected chi connectivity index (χ1v) is 8.55. The van der Waals surface area contributed by atoms with E-state index in [0.717, 1.165) is 19.3 Å². The fourth-order valence-electron chi connectivity index (χ4n) is 3.08. The summed E-state index contributed by atoms with van der Waals surface area (Å²) in [7, 11) is 0. The van der Waals surface area contributed by atoms with Crippen molar-refractivity contribution < 1.29 is 19.4 Å². The quantitative estimate of drug-likeness (QED) is 0.855. The molecule has 0 saturated carbocycles. The second-order valence-electron chi connectivity index (χ2n) is 6.46. The largest absolute Gasteiger partial charge is 0.508 e. The molecule has 0 aliphatic carbocycles. The second-order valence-corrected chi connectivity index (χ2v) is 6.87. The van der Waals surface area contributed by atoms with Crippen LogP contribution in [0.2, 0.25) is 0 Å².